The van der Waals surface area contributed by atoms with Crippen LogP contribution in [0.1, 0.15) is 11.1 Å². The summed E-state index contributed by atoms with van der Waals surface area (Å²) in [6.45, 7) is 2.62. The third kappa shape index (κ3) is 4.11. The van der Waals surface area contributed by atoms with E-state index < -0.39 is 0 Å². The third-order valence-corrected chi connectivity index (χ3v) is 4.11. The van der Waals surface area contributed by atoms with Crippen LogP contribution in [-0.4, -0.2) is 42.6 Å². The summed E-state index contributed by atoms with van der Waals surface area (Å²) in [7, 11) is 1.55. The second-order valence-electron chi connectivity index (χ2n) is 4.63. The van der Waals surface area contributed by atoms with E-state index in [9.17, 15) is 4.39 Å². The molecular weight excluding hydrogens is 277 g/mol. The molecule has 0 radical (unpaired) electrons. The van der Waals surface area contributed by atoms with Crippen molar-refractivity contribution in [1.29, 1.82) is 0 Å². The third-order valence-electron chi connectivity index (χ3n) is 3.17. The fourth-order valence-corrected chi connectivity index (χ4v) is 2.96. The molecule has 1 heterocycles. The number of guanidine groups is 1. The molecule has 0 bridgehead atoms. The number of hydrogen-bond donors (Lipinski definition) is 1. The molecule has 6 heteroatoms. The van der Waals surface area contributed by atoms with Crippen LogP contribution in [0.3, 0.4) is 0 Å². The lowest BCUT2D eigenvalue weighted by Gasteiger charge is -2.27. The Morgan fingerprint density at radius 2 is 2.20 bits per heavy atom. The molecule has 1 aliphatic heterocycles. The van der Waals surface area contributed by atoms with Crippen LogP contribution in [0.5, 0.6) is 0 Å². The van der Waals surface area contributed by atoms with Crippen LogP contribution in [0.4, 0.5) is 4.39 Å². The zero-order valence-electron chi connectivity index (χ0n) is 11.6. The smallest absolute Gasteiger partial charge is 0.191 e. The highest BCUT2D eigenvalue weighted by molar-refractivity contribution is 7.99. The molecule has 1 aliphatic rings. The molecule has 2 N–H and O–H groups in total. The molecule has 0 unspecified atom stereocenters. The fourth-order valence-electron chi connectivity index (χ4n) is 2.06. The van der Waals surface area contributed by atoms with Gasteiger partial charge in [-0.25, -0.2) is 9.38 Å². The number of hydrogen-bond acceptors (Lipinski definition) is 3. The van der Waals surface area contributed by atoms with Gasteiger partial charge in [0.15, 0.2) is 5.96 Å². The lowest BCUT2D eigenvalue weighted by molar-refractivity contribution is 0.181. The van der Waals surface area contributed by atoms with Gasteiger partial charge in [0.25, 0.3) is 0 Å². The Kier molecular flexibility index (Phi) is 5.67. The van der Waals surface area contributed by atoms with Gasteiger partial charge in [0, 0.05) is 37.3 Å². The van der Waals surface area contributed by atoms with Crippen LogP contribution in [-0.2, 0) is 17.9 Å². The minimum atomic E-state index is -0.249. The maximum absolute atomic E-state index is 13.5. The number of methoxy groups -OCH3 is 1. The Bertz CT molecular complexity index is 475. The van der Waals surface area contributed by atoms with Crippen LogP contribution in [0.2, 0.25) is 0 Å². The number of nitrogens with zero attached hydrogens (tertiary/aromatic N) is 2. The van der Waals surface area contributed by atoms with Gasteiger partial charge in [-0.15, -0.1) is 0 Å². The molecule has 1 saturated heterocycles. The molecule has 0 atom stereocenters. The summed E-state index contributed by atoms with van der Waals surface area (Å²) in [5.74, 6) is 2.50. The molecule has 0 saturated carbocycles. The van der Waals surface area contributed by atoms with Crippen molar-refractivity contribution in [2.75, 3.05) is 31.7 Å². The van der Waals surface area contributed by atoms with Gasteiger partial charge in [0.2, 0.25) is 0 Å². The first-order valence-electron chi connectivity index (χ1n) is 6.59. The maximum atomic E-state index is 13.5. The predicted molar refractivity (Wildman–Crippen MR) is 81.3 cm³/mol. The van der Waals surface area contributed by atoms with Crippen molar-refractivity contribution in [3.63, 3.8) is 0 Å². The molecule has 1 aromatic rings. The molecular formula is C14H20FN3OS. The SMILES string of the molecule is COCc1cc(CN=C(N)N2CCSCC2)ccc1F. The second kappa shape index (κ2) is 7.50. The van der Waals surface area contributed by atoms with Gasteiger partial charge < -0.3 is 15.4 Å². The van der Waals surface area contributed by atoms with Crippen molar-refractivity contribution >= 4 is 17.7 Å². The zero-order chi connectivity index (χ0) is 14.4. The van der Waals surface area contributed by atoms with Crippen molar-refractivity contribution in [1.82, 2.24) is 4.90 Å². The molecule has 0 aromatic heterocycles. The average Bonchev–Trinajstić information content (AvgIpc) is 2.49. The summed E-state index contributed by atoms with van der Waals surface area (Å²) in [6.07, 6.45) is 0. The van der Waals surface area contributed by atoms with E-state index >= 15 is 0 Å². The second-order valence-corrected chi connectivity index (χ2v) is 5.86. The molecule has 2 rings (SSSR count). The predicted octanol–water partition coefficient (Wildman–Crippen LogP) is 1.84. The van der Waals surface area contributed by atoms with Crippen molar-refractivity contribution in [3.8, 4) is 0 Å². The summed E-state index contributed by atoms with van der Waals surface area (Å²) in [6, 6.07) is 4.96. The maximum Gasteiger partial charge on any atom is 0.191 e. The summed E-state index contributed by atoms with van der Waals surface area (Å²) < 4.78 is 18.5. The Morgan fingerprint density at radius 3 is 2.90 bits per heavy atom. The first-order chi connectivity index (χ1) is 9.70. The van der Waals surface area contributed by atoms with Gasteiger partial charge in [-0.3, -0.25) is 0 Å². The lowest BCUT2D eigenvalue weighted by Crippen LogP contribution is -2.42. The summed E-state index contributed by atoms with van der Waals surface area (Å²) in [5, 5.41) is 0. The quantitative estimate of drug-likeness (QED) is 0.680. The van der Waals surface area contributed by atoms with E-state index in [1.165, 1.54) is 6.07 Å². The van der Waals surface area contributed by atoms with Crippen molar-refractivity contribution in [2.45, 2.75) is 13.2 Å². The summed E-state index contributed by atoms with van der Waals surface area (Å²) in [4.78, 5) is 6.49. The van der Waals surface area contributed by atoms with Crippen molar-refractivity contribution < 1.29 is 9.13 Å². The van der Waals surface area contributed by atoms with E-state index in [-0.39, 0.29) is 12.4 Å². The van der Waals surface area contributed by atoms with Crippen molar-refractivity contribution in [2.24, 2.45) is 10.7 Å². The summed E-state index contributed by atoms with van der Waals surface area (Å²) >= 11 is 1.93. The van der Waals surface area contributed by atoms with Crippen LogP contribution in [0, 0.1) is 5.82 Å². The van der Waals surface area contributed by atoms with Crippen LogP contribution < -0.4 is 5.73 Å². The molecule has 0 aliphatic carbocycles. The number of nitrogens with two attached hydrogens (primary N) is 1. The summed E-state index contributed by atoms with van der Waals surface area (Å²) in [5.41, 5.74) is 7.48. The van der Waals surface area contributed by atoms with Crippen molar-refractivity contribution in [3.05, 3.63) is 35.1 Å². The normalized spacial score (nSPS) is 16.5. The topological polar surface area (TPSA) is 50.9 Å². The molecule has 110 valence electrons. The largest absolute Gasteiger partial charge is 0.380 e. The Hall–Kier alpha value is -1.27. The Labute approximate surface area is 123 Å². The minimum Gasteiger partial charge on any atom is -0.380 e. The van der Waals surface area contributed by atoms with Crippen LogP contribution >= 0.6 is 11.8 Å². The number of thioether (sulfide) groups is 1. The lowest BCUT2D eigenvalue weighted by atomic mass is 10.1. The average molecular weight is 297 g/mol. The first-order valence-corrected chi connectivity index (χ1v) is 7.75. The Morgan fingerprint density at radius 1 is 1.45 bits per heavy atom. The minimum absolute atomic E-state index is 0.249. The van der Waals surface area contributed by atoms with E-state index in [4.69, 9.17) is 10.5 Å². The molecule has 4 nitrogen and oxygen atoms in total. The van der Waals surface area contributed by atoms with E-state index in [2.05, 4.69) is 9.89 Å². The van der Waals surface area contributed by atoms with Gasteiger partial charge in [-0.05, 0) is 17.7 Å². The molecule has 1 fully saturated rings. The van der Waals surface area contributed by atoms with E-state index in [1.807, 2.05) is 11.8 Å². The van der Waals surface area contributed by atoms with Gasteiger partial charge in [-0.1, -0.05) is 6.07 Å². The van der Waals surface area contributed by atoms with Crippen LogP contribution in [0.15, 0.2) is 23.2 Å². The van der Waals surface area contributed by atoms with Crippen LogP contribution in [0.25, 0.3) is 0 Å². The van der Waals surface area contributed by atoms with Gasteiger partial charge >= 0.3 is 0 Å². The number of aliphatic imine (C=N–C) groups is 1. The van der Waals surface area contributed by atoms with Gasteiger partial charge in [0.1, 0.15) is 5.82 Å². The van der Waals surface area contributed by atoms with Gasteiger partial charge in [0.05, 0.1) is 13.2 Å². The highest BCUT2D eigenvalue weighted by Crippen LogP contribution is 2.13. The molecule has 0 spiro atoms. The van der Waals surface area contributed by atoms with E-state index in [0.717, 1.165) is 30.2 Å². The molecule has 1 aromatic carbocycles. The highest BCUT2D eigenvalue weighted by atomic mass is 32.2. The number of halogens is 1. The Balaban J connectivity index is 2.00. The van der Waals surface area contributed by atoms with Gasteiger partial charge in [-0.2, -0.15) is 11.8 Å². The zero-order valence-corrected chi connectivity index (χ0v) is 12.5. The number of rotatable bonds is 4. The van der Waals surface area contributed by atoms with E-state index in [1.54, 1.807) is 19.2 Å². The van der Waals surface area contributed by atoms with E-state index in [0.29, 0.717) is 18.1 Å². The monoisotopic (exact) mass is 297 g/mol. The molecule has 20 heavy (non-hydrogen) atoms. The fraction of sp³-hybridized carbons (Fsp3) is 0.500. The highest BCUT2D eigenvalue weighted by Gasteiger charge is 2.12. The number of benzene rings is 1. The standard InChI is InChI=1S/C14H20FN3OS/c1-19-10-12-8-11(2-3-13(12)15)9-17-14(16)18-4-6-20-7-5-18/h2-3,8H,4-7,9-10H2,1H3,(H2,16,17). The molecule has 0 amide bonds. The first kappa shape index (κ1) is 15.1. The number of ether oxygens (including phenoxy) is 1.